The number of anilines is 9. The third kappa shape index (κ3) is 8.99. The molecule has 1 aromatic heterocycles. The summed E-state index contributed by atoms with van der Waals surface area (Å²) in [4.78, 5) is 7.69. The van der Waals surface area contributed by atoms with Crippen LogP contribution in [0.5, 0.6) is 0 Å². The van der Waals surface area contributed by atoms with Gasteiger partial charge in [0.05, 0.1) is 11.4 Å². The van der Waals surface area contributed by atoms with E-state index in [1.165, 1.54) is 93.2 Å². The van der Waals surface area contributed by atoms with Crippen molar-refractivity contribution in [2.75, 3.05) is 14.7 Å². The number of thiophene rings is 1. The van der Waals surface area contributed by atoms with Crippen LogP contribution in [-0.4, -0.2) is 6.71 Å². The van der Waals surface area contributed by atoms with Gasteiger partial charge < -0.3 is 14.7 Å². The van der Waals surface area contributed by atoms with Crippen molar-refractivity contribution in [2.24, 2.45) is 0 Å². The van der Waals surface area contributed by atoms with E-state index in [-0.39, 0.29) is 33.8 Å². The van der Waals surface area contributed by atoms with Crippen molar-refractivity contribution >= 4 is 95.0 Å². The van der Waals surface area contributed by atoms with E-state index >= 15 is 0 Å². The highest BCUT2D eigenvalue weighted by molar-refractivity contribution is 7.33. The highest BCUT2D eigenvalue weighted by Crippen LogP contribution is 2.51. The second kappa shape index (κ2) is 17.9. The van der Waals surface area contributed by atoms with Crippen LogP contribution in [0.3, 0.4) is 0 Å². The van der Waals surface area contributed by atoms with Crippen LogP contribution in [0.2, 0.25) is 0 Å². The van der Waals surface area contributed by atoms with Crippen molar-refractivity contribution in [3.8, 4) is 11.1 Å². The monoisotopic (exact) mass is 1000 g/mol. The lowest BCUT2D eigenvalue weighted by Gasteiger charge is -2.44. The summed E-state index contributed by atoms with van der Waals surface area (Å²) >= 11 is 1.97. The Balaban J connectivity index is 1.25. The molecule has 0 radical (unpaired) electrons. The molecule has 0 amide bonds. The quantitative estimate of drug-likeness (QED) is 0.154. The number of nitrogens with zero attached hydrogens (tertiary/aromatic N) is 3. The van der Waals surface area contributed by atoms with Crippen molar-refractivity contribution in [1.29, 1.82) is 0 Å². The third-order valence-electron chi connectivity index (χ3n) is 15.9. The summed E-state index contributed by atoms with van der Waals surface area (Å²) in [6.45, 7) is 34.6. The minimum Gasteiger partial charge on any atom is -0.311 e. The molecule has 0 bridgehead atoms. The normalized spacial score (nSPS) is 13.7. The first-order valence-corrected chi connectivity index (χ1v) is 27.9. The molecule has 0 fully saturated rings. The van der Waals surface area contributed by atoms with E-state index in [1.54, 1.807) is 0 Å². The molecule has 0 unspecified atom stereocenters. The maximum absolute atomic E-state index is 2.60. The van der Waals surface area contributed by atoms with Crippen LogP contribution in [0.15, 0.2) is 176 Å². The number of benzene rings is 8. The summed E-state index contributed by atoms with van der Waals surface area (Å²) in [6.07, 6.45) is 0. The molecule has 378 valence electrons. The van der Waals surface area contributed by atoms with E-state index in [0.29, 0.717) is 0 Å². The smallest absolute Gasteiger partial charge is 0.264 e. The lowest BCUT2D eigenvalue weighted by Crippen LogP contribution is -2.60. The van der Waals surface area contributed by atoms with Crippen LogP contribution < -0.4 is 30.4 Å². The Morgan fingerprint density at radius 2 is 0.840 bits per heavy atom. The molecular weight excluding hydrogens is 926 g/mol. The average Bonchev–Trinajstić information content (AvgIpc) is 3.80. The van der Waals surface area contributed by atoms with Gasteiger partial charge >= 0.3 is 0 Å². The fourth-order valence-corrected chi connectivity index (χ4v) is 12.7. The molecule has 75 heavy (non-hydrogen) atoms. The maximum atomic E-state index is 2.60. The summed E-state index contributed by atoms with van der Waals surface area (Å²) in [5, 5.41) is 1.31. The summed E-state index contributed by atoms with van der Waals surface area (Å²) in [6, 6.07) is 67.9. The zero-order valence-electron chi connectivity index (χ0n) is 47.1. The molecule has 8 aromatic carbocycles. The lowest BCUT2D eigenvalue weighted by molar-refractivity contribution is 0.590. The molecule has 3 nitrogen and oxygen atoms in total. The molecule has 5 heteroatoms. The topological polar surface area (TPSA) is 9.72 Å². The minimum atomic E-state index is -0.0472. The summed E-state index contributed by atoms with van der Waals surface area (Å²) < 4.78 is 2.68. The van der Waals surface area contributed by atoms with Crippen LogP contribution in [-0.2, 0) is 27.1 Å². The zero-order valence-corrected chi connectivity index (χ0v) is 47.9. The fourth-order valence-electron chi connectivity index (χ4n) is 11.4. The number of hydrogen-bond donors (Lipinski definition) is 0. The second-order valence-electron chi connectivity index (χ2n) is 26.4. The van der Waals surface area contributed by atoms with Gasteiger partial charge in [-0.1, -0.05) is 201 Å². The summed E-state index contributed by atoms with van der Waals surface area (Å²) in [5.74, 6) is 0. The number of hydrogen-bond acceptors (Lipinski definition) is 4. The number of fused-ring (bicyclic) bond motifs is 6. The molecule has 0 N–H and O–H groups in total. The van der Waals surface area contributed by atoms with Gasteiger partial charge in [-0.3, -0.25) is 0 Å². The first kappa shape index (κ1) is 50.3. The van der Waals surface area contributed by atoms with Crippen LogP contribution >= 0.6 is 11.3 Å². The van der Waals surface area contributed by atoms with Crippen molar-refractivity contribution < 1.29 is 0 Å². The Morgan fingerprint density at radius 3 is 1.32 bits per heavy atom. The lowest BCUT2D eigenvalue weighted by atomic mass is 9.36. The van der Waals surface area contributed by atoms with Gasteiger partial charge in [-0.05, 0) is 150 Å². The summed E-state index contributed by atoms with van der Waals surface area (Å²) in [5.41, 5.74) is 22.3. The van der Waals surface area contributed by atoms with Gasteiger partial charge in [0.1, 0.15) is 0 Å². The summed E-state index contributed by atoms with van der Waals surface area (Å²) in [7, 11) is 0. The Hall–Kier alpha value is -6.82. The van der Waals surface area contributed by atoms with E-state index in [0.717, 1.165) is 22.7 Å². The van der Waals surface area contributed by atoms with Crippen molar-refractivity contribution in [1.82, 2.24) is 0 Å². The van der Waals surface area contributed by atoms with Crippen LogP contribution in [0.4, 0.5) is 51.2 Å². The van der Waals surface area contributed by atoms with Gasteiger partial charge in [0, 0.05) is 60.2 Å². The largest absolute Gasteiger partial charge is 0.311 e. The van der Waals surface area contributed by atoms with Crippen molar-refractivity contribution in [3.63, 3.8) is 0 Å². The average molecular weight is 1000 g/mol. The van der Waals surface area contributed by atoms with E-state index in [4.69, 9.17) is 0 Å². The predicted molar refractivity (Wildman–Crippen MR) is 329 cm³/mol. The van der Waals surface area contributed by atoms with E-state index in [2.05, 4.69) is 294 Å². The van der Waals surface area contributed by atoms with E-state index in [1.807, 2.05) is 11.3 Å². The first-order valence-electron chi connectivity index (χ1n) is 27.1. The minimum absolute atomic E-state index is 0.00610. The molecule has 2 aliphatic heterocycles. The SMILES string of the molecule is CC(C)(C)c1ccc(N(c2ccc(C(C)(C)C)cc2)c2cc3c(cc2-c2ccccc2)B2c4sc5ccc(C(C)(C)C)cc5c4N(c4ccc(C(C)(C)C)cc4)c4cccc(c42)N3c2ccc(C(C)(C)C)cc2)cc1. The van der Waals surface area contributed by atoms with Crippen LogP contribution in [0, 0.1) is 0 Å². The molecule has 0 saturated carbocycles. The van der Waals surface area contributed by atoms with Gasteiger partial charge in [-0.25, -0.2) is 0 Å². The Morgan fingerprint density at radius 1 is 0.400 bits per heavy atom. The van der Waals surface area contributed by atoms with Gasteiger partial charge in [0.15, 0.2) is 0 Å². The molecule has 11 rings (SSSR count). The molecule has 3 heterocycles. The van der Waals surface area contributed by atoms with Crippen molar-refractivity contribution in [3.05, 3.63) is 204 Å². The molecular formula is C70H74BN3S. The van der Waals surface area contributed by atoms with Gasteiger partial charge in [-0.2, -0.15) is 0 Å². The first-order chi connectivity index (χ1) is 35.4. The third-order valence-corrected chi connectivity index (χ3v) is 17.1. The molecule has 0 saturated heterocycles. The Bertz CT molecular complexity index is 3530. The molecule has 0 atom stereocenters. The molecule has 0 aliphatic carbocycles. The standard InChI is InChI=1S/C70H74BN3S/c1-66(2,3)46-24-33-51(34-25-46)72(52-35-26-47(27-36-52)67(4,5)6)60-44-61-57(43-55(60)45-20-17-16-18-21-45)71-63-58(73(61)53-37-28-48(29-38-53)68(7,8)9)22-19-23-59(63)74(54-39-30-49(31-40-54)69(10,11)12)64-56-42-50(70(13,14)15)32-41-62(56)75-65(64)71/h16-44H,1-15H3. The van der Waals surface area contributed by atoms with Gasteiger partial charge in [-0.15, -0.1) is 11.3 Å². The number of rotatable bonds is 6. The highest BCUT2D eigenvalue weighted by atomic mass is 32.1. The second-order valence-corrected chi connectivity index (χ2v) is 27.5. The predicted octanol–water partition coefficient (Wildman–Crippen LogP) is 18.6. The van der Waals surface area contributed by atoms with Crippen LogP contribution in [0.25, 0.3) is 21.2 Å². The molecule has 9 aromatic rings. The zero-order chi connectivity index (χ0) is 53.1. The van der Waals surface area contributed by atoms with Crippen LogP contribution in [0.1, 0.15) is 132 Å². The fraction of sp³-hybridized carbons (Fsp3) is 0.286. The van der Waals surface area contributed by atoms with E-state index < -0.39 is 0 Å². The van der Waals surface area contributed by atoms with Crippen molar-refractivity contribution in [2.45, 2.75) is 131 Å². The molecule has 0 spiro atoms. The van der Waals surface area contributed by atoms with E-state index in [9.17, 15) is 0 Å². The van der Waals surface area contributed by atoms with Gasteiger partial charge in [0.2, 0.25) is 0 Å². The Labute approximate surface area is 453 Å². The molecule has 2 aliphatic rings. The maximum Gasteiger partial charge on any atom is 0.264 e. The van der Waals surface area contributed by atoms with Gasteiger partial charge in [0.25, 0.3) is 6.71 Å². The highest BCUT2D eigenvalue weighted by Gasteiger charge is 2.46. The Kier molecular flexibility index (Phi) is 12.0.